The average molecular weight is 533 g/mol. The molecular formula is C27H21FN4O3S2. The summed E-state index contributed by atoms with van der Waals surface area (Å²) in [5.74, 6) is -1.84. The van der Waals surface area contributed by atoms with Crippen molar-refractivity contribution in [1.82, 2.24) is 15.2 Å². The van der Waals surface area contributed by atoms with Crippen LogP contribution in [0.4, 0.5) is 9.52 Å². The number of nitrogens with zero attached hydrogens (tertiary/aromatic N) is 4. The number of aliphatic hydroxyl groups excluding tert-OH is 1. The summed E-state index contributed by atoms with van der Waals surface area (Å²) in [6.07, 6.45) is 3.12. The maximum atomic E-state index is 14.0. The van der Waals surface area contributed by atoms with Crippen LogP contribution >= 0.6 is 23.1 Å². The number of hydrogen-bond acceptors (Lipinski definition) is 8. The van der Waals surface area contributed by atoms with Crippen molar-refractivity contribution in [1.29, 1.82) is 0 Å². The van der Waals surface area contributed by atoms with Gasteiger partial charge in [-0.3, -0.25) is 19.5 Å². The van der Waals surface area contributed by atoms with Gasteiger partial charge in [0, 0.05) is 23.7 Å². The minimum absolute atomic E-state index is 0.0272. The van der Waals surface area contributed by atoms with Gasteiger partial charge in [-0.05, 0) is 54.8 Å². The van der Waals surface area contributed by atoms with E-state index < -0.39 is 17.7 Å². The molecule has 1 N–H and O–H groups in total. The highest BCUT2D eigenvalue weighted by Crippen LogP contribution is 2.44. The predicted molar refractivity (Wildman–Crippen MR) is 141 cm³/mol. The summed E-state index contributed by atoms with van der Waals surface area (Å²) in [4.78, 5) is 31.9. The molecule has 0 saturated carbocycles. The number of pyridine rings is 1. The summed E-state index contributed by atoms with van der Waals surface area (Å²) in [6.45, 7) is 3.72. The Morgan fingerprint density at radius 3 is 2.59 bits per heavy atom. The number of carbonyl (C=O) groups is 2. The maximum absolute atomic E-state index is 14.0. The zero-order chi connectivity index (χ0) is 26.1. The van der Waals surface area contributed by atoms with E-state index in [-0.39, 0.29) is 22.3 Å². The zero-order valence-electron chi connectivity index (χ0n) is 19.9. The Kier molecular flexibility index (Phi) is 6.86. The summed E-state index contributed by atoms with van der Waals surface area (Å²) in [6, 6.07) is 14.5. The lowest BCUT2D eigenvalue weighted by Crippen LogP contribution is -2.29. The molecule has 0 spiro atoms. The first-order chi connectivity index (χ1) is 17.8. The highest BCUT2D eigenvalue weighted by molar-refractivity contribution is 8.00. The van der Waals surface area contributed by atoms with Crippen molar-refractivity contribution in [3.8, 4) is 0 Å². The van der Waals surface area contributed by atoms with E-state index in [9.17, 15) is 19.1 Å². The Bertz CT molecular complexity index is 1540. The molecule has 1 unspecified atom stereocenters. The lowest BCUT2D eigenvalue weighted by molar-refractivity contribution is -0.132. The van der Waals surface area contributed by atoms with Crippen LogP contribution in [0.2, 0.25) is 0 Å². The first-order valence-corrected chi connectivity index (χ1v) is 13.1. The second-order valence-corrected chi connectivity index (χ2v) is 10.7. The number of amides is 1. The van der Waals surface area contributed by atoms with Gasteiger partial charge in [0.1, 0.15) is 11.6 Å². The summed E-state index contributed by atoms with van der Waals surface area (Å²) in [5, 5.41) is 19.9. The predicted octanol–water partition coefficient (Wildman–Crippen LogP) is 5.61. The molecule has 186 valence electrons. The van der Waals surface area contributed by atoms with E-state index >= 15 is 0 Å². The number of anilines is 1. The monoisotopic (exact) mass is 532 g/mol. The van der Waals surface area contributed by atoms with E-state index in [1.807, 2.05) is 26.0 Å². The van der Waals surface area contributed by atoms with Gasteiger partial charge in [-0.25, -0.2) is 4.39 Å². The van der Waals surface area contributed by atoms with Crippen molar-refractivity contribution >= 4 is 45.7 Å². The van der Waals surface area contributed by atoms with Gasteiger partial charge in [-0.15, -0.1) is 10.2 Å². The van der Waals surface area contributed by atoms with E-state index in [4.69, 9.17) is 0 Å². The summed E-state index contributed by atoms with van der Waals surface area (Å²) in [5.41, 5.74) is 3.25. The number of aliphatic hydroxyl groups is 1. The van der Waals surface area contributed by atoms with Crippen LogP contribution in [0.25, 0.3) is 5.76 Å². The van der Waals surface area contributed by atoms with Crippen molar-refractivity contribution in [3.63, 3.8) is 0 Å². The SMILES string of the molecule is Cc1ccc(C)c(C(O)=C2C(=O)C(=O)N(c3nnc(SCc4ccccc4F)s3)C2c2ccncc2)c1. The fraction of sp³-hybridized carbons (Fsp3) is 0.148. The normalized spacial score (nSPS) is 16.9. The topological polar surface area (TPSA) is 96.3 Å². The Hall–Kier alpha value is -3.89. The van der Waals surface area contributed by atoms with Gasteiger partial charge < -0.3 is 5.11 Å². The van der Waals surface area contributed by atoms with Gasteiger partial charge in [-0.1, -0.05) is 59.0 Å². The van der Waals surface area contributed by atoms with Crippen LogP contribution in [0.3, 0.4) is 0 Å². The largest absolute Gasteiger partial charge is 0.507 e. The van der Waals surface area contributed by atoms with E-state index in [2.05, 4.69) is 15.2 Å². The van der Waals surface area contributed by atoms with Crippen LogP contribution in [0.1, 0.15) is 33.9 Å². The molecule has 10 heteroatoms. The van der Waals surface area contributed by atoms with Crippen molar-refractivity contribution in [2.24, 2.45) is 0 Å². The number of aryl methyl sites for hydroxylation is 2. The third kappa shape index (κ3) is 4.77. The number of Topliss-reactive ketones (excluding diaryl/α,β-unsaturated/α-hetero) is 1. The number of ketones is 1. The molecule has 1 aliphatic heterocycles. The van der Waals surface area contributed by atoms with E-state index in [1.54, 1.807) is 48.8 Å². The molecule has 1 atom stereocenters. The molecule has 1 aliphatic rings. The summed E-state index contributed by atoms with van der Waals surface area (Å²) < 4.78 is 14.5. The van der Waals surface area contributed by atoms with Crippen LogP contribution in [0.5, 0.6) is 0 Å². The second kappa shape index (κ2) is 10.2. The smallest absolute Gasteiger partial charge is 0.301 e. The summed E-state index contributed by atoms with van der Waals surface area (Å²) in [7, 11) is 0. The number of halogens is 1. The quantitative estimate of drug-likeness (QED) is 0.113. The molecular weight excluding hydrogens is 511 g/mol. The number of rotatable bonds is 6. The number of carbonyl (C=O) groups excluding carboxylic acids is 2. The first kappa shape index (κ1) is 24.8. The second-order valence-electron chi connectivity index (χ2n) is 8.50. The lowest BCUT2D eigenvalue weighted by Gasteiger charge is -2.22. The van der Waals surface area contributed by atoms with Gasteiger partial charge in [0.25, 0.3) is 5.78 Å². The fourth-order valence-corrected chi connectivity index (χ4v) is 5.99. The molecule has 5 rings (SSSR count). The minimum atomic E-state index is -0.916. The Labute approximate surface area is 220 Å². The van der Waals surface area contributed by atoms with E-state index in [0.29, 0.717) is 26.8 Å². The molecule has 2 aromatic heterocycles. The van der Waals surface area contributed by atoms with Crippen molar-refractivity contribution in [3.05, 3.63) is 106 Å². The van der Waals surface area contributed by atoms with Crippen LogP contribution in [0, 0.1) is 19.7 Å². The number of benzene rings is 2. The molecule has 7 nitrogen and oxygen atoms in total. The Balaban J connectivity index is 1.56. The number of aromatic nitrogens is 3. The number of thioether (sulfide) groups is 1. The van der Waals surface area contributed by atoms with Gasteiger partial charge in [0.2, 0.25) is 5.13 Å². The van der Waals surface area contributed by atoms with Gasteiger partial charge in [-0.2, -0.15) is 0 Å². The van der Waals surface area contributed by atoms with E-state index in [0.717, 1.165) is 22.5 Å². The van der Waals surface area contributed by atoms with Gasteiger partial charge >= 0.3 is 5.91 Å². The van der Waals surface area contributed by atoms with Crippen LogP contribution in [-0.4, -0.2) is 32.0 Å². The minimum Gasteiger partial charge on any atom is -0.507 e. The van der Waals surface area contributed by atoms with Gasteiger partial charge in [0.05, 0.1) is 11.6 Å². The zero-order valence-corrected chi connectivity index (χ0v) is 21.5. The molecule has 0 bridgehead atoms. The molecule has 0 radical (unpaired) electrons. The lowest BCUT2D eigenvalue weighted by atomic mass is 9.94. The molecule has 1 amide bonds. The van der Waals surface area contributed by atoms with Gasteiger partial charge in [0.15, 0.2) is 4.34 Å². The Morgan fingerprint density at radius 1 is 1.08 bits per heavy atom. The third-order valence-electron chi connectivity index (χ3n) is 6.03. The standard InChI is InChI=1S/C27H21FN4O3S2/c1-15-7-8-16(2)19(13-15)23(33)21-22(17-9-11-29-12-10-17)32(25(35)24(21)34)26-30-31-27(37-26)36-14-18-5-3-4-6-20(18)28/h3-13,22,33H,14H2,1-2H3. The van der Waals surface area contributed by atoms with Crippen molar-refractivity contribution in [2.45, 2.75) is 30.0 Å². The van der Waals surface area contributed by atoms with E-state index in [1.165, 1.54) is 22.7 Å². The average Bonchev–Trinajstić information content (AvgIpc) is 3.47. The molecule has 3 heterocycles. The molecule has 2 aromatic carbocycles. The molecule has 37 heavy (non-hydrogen) atoms. The maximum Gasteiger partial charge on any atom is 0.301 e. The highest BCUT2D eigenvalue weighted by Gasteiger charge is 2.48. The molecule has 1 fully saturated rings. The molecule has 1 saturated heterocycles. The van der Waals surface area contributed by atoms with Crippen molar-refractivity contribution in [2.75, 3.05) is 4.90 Å². The Morgan fingerprint density at radius 2 is 1.84 bits per heavy atom. The first-order valence-electron chi connectivity index (χ1n) is 11.3. The third-order valence-corrected chi connectivity index (χ3v) is 8.13. The van der Waals surface area contributed by atoms with Crippen LogP contribution in [0.15, 0.2) is 76.9 Å². The summed E-state index contributed by atoms with van der Waals surface area (Å²) >= 11 is 2.41. The fourth-order valence-electron chi connectivity index (χ4n) is 4.14. The number of hydrogen-bond donors (Lipinski definition) is 1. The highest BCUT2D eigenvalue weighted by atomic mass is 32.2. The van der Waals surface area contributed by atoms with Crippen molar-refractivity contribution < 1.29 is 19.1 Å². The van der Waals surface area contributed by atoms with Crippen LogP contribution in [-0.2, 0) is 15.3 Å². The molecule has 4 aromatic rings. The molecule has 0 aliphatic carbocycles. The van der Waals surface area contributed by atoms with Crippen LogP contribution < -0.4 is 4.90 Å².